The second-order valence-corrected chi connectivity index (χ2v) is 9.50. The first-order valence-electron chi connectivity index (χ1n) is 11.9. The zero-order valence-corrected chi connectivity index (χ0v) is 19.5. The average molecular weight is 476 g/mol. The van der Waals surface area contributed by atoms with E-state index in [9.17, 15) is 4.79 Å². The van der Waals surface area contributed by atoms with Crippen LogP contribution in [0, 0.1) is 0 Å². The van der Waals surface area contributed by atoms with Gasteiger partial charge < -0.3 is 10.8 Å². The lowest BCUT2D eigenvalue weighted by Gasteiger charge is -2.13. The Bertz CT molecular complexity index is 1580. The number of carbonyl (C=O) groups is 1. The average Bonchev–Trinajstić information content (AvgIpc) is 3.30. The fourth-order valence-electron chi connectivity index (χ4n) is 4.96. The fourth-order valence-corrected chi connectivity index (χ4v) is 4.96. The van der Waals surface area contributed by atoms with Gasteiger partial charge in [0.15, 0.2) is 0 Å². The number of hydrogen-bond donors (Lipinski definition) is 3. The molecule has 1 fully saturated rings. The van der Waals surface area contributed by atoms with Crippen LogP contribution < -0.4 is 11.1 Å². The van der Waals surface area contributed by atoms with Crippen LogP contribution in [0.25, 0.3) is 27.7 Å². The van der Waals surface area contributed by atoms with E-state index in [4.69, 9.17) is 10.8 Å². The normalized spacial score (nSPS) is 18.8. The Balaban J connectivity index is 1.16. The number of nitrogens with one attached hydrogen (secondary N) is 1. The van der Waals surface area contributed by atoms with E-state index in [1.165, 1.54) is 21.9 Å². The SMILES string of the molecule is NC1(Cc2ccc3ccccc3c2)CC1c1ccc(-n2cc(-c3cccc(NC(=O)O)c3)nn2)cc1. The van der Waals surface area contributed by atoms with Crippen molar-refractivity contribution in [2.24, 2.45) is 5.73 Å². The van der Waals surface area contributed by atoms with Crippen LogP contribution in [0.1, 0.15) is 23.5 Å². The maximum absolute atomic E-state index is 10.9. The van der Waals surface area contributed by atoms with Crippen LogP contribution in [0.5, 0.6) is 0 Å². The monoisotopic (exact) mass is 475 g/mol. The van der Waals surface area contributed by atoms with Gasteiger partial charge in [-0.15, -0.1) is 5.10 Å². The molecule has 7 nitrogen and oxygen atoms in total. The topological polar surface area (TPSA) is 106 Å². The number of benzene rings is 4. The van der Waals surface area contributed by atoms with Crippen molar-refractivity contribution in [3.05, 3.63) is 108 Å². The molecule has 0 bridgehead atoms. The number of aromatic nitrogens is 3. The number of nitrogens with two attached hydrogens (primary N) is 1. The van der Waals surface area contributed by atoms with Crippen molar-refractivity contribution < 1.29 is 9.90 Å². The molecule has 1 heterocycles. The molecule has 2 atom stereocenters. The van der Waals surface area contributed by atoms with Gasteiger partial charge in [0.2, 0.25) is 0 Å². The van der Waals surface area contributed by atoms with Crippen molar-refractivity contribution in [2.75, 3.05) is 5.32 Å². The second-order valence-electron chi connectivity index (χ2n) is 9.50. The van der Waals surface area contributed by atoms with E-state index in [0.717, 1.165) is 24.1 Å². The molecule has 36 heavy (non-hydrogen) atoms. The molecular weight excluding hydrogens is 450 g/mol. The van der Waals surface area contributed by atoms with Crippen LogP contribution >= 0.6 is 0 Å². The summed E-state index contributed by atoms with van der Waals surface area (Å²) in [6.45, 7) is 0. The van der Waals surface area contributed by atoms with Crippen molar-refractivity contribution in [3.8, 4) is 16.9 Å². The fraction of sp³-hybridized carbons (Fsp3) is 0.138. The van der Waals surface area contributed by atoms with Crippen molar-refractivity contribution in [3.63, 3.8) is 0 Å². The predicted octanol–water partition coefficient (Wildman–Crippen LogP) is 5.60. The molecule has 4 aromatic carbocycles. The first-order valence-corrected chi connectivity index (χ1v) is 11.9. The third-order valence-corrected chi connectivity index (χ3v) is 6.93. The van der Waals surface area contributed by atoms with E-state index < -0.39 is 6.09 Å². The summed E-state index contributed by atoms with van der Waals surface area (Å²) >= 11 is 0. The predicted molar refractivity (Wildman–Crippen MR) is 140 cm³/mol. The van der Waals surface area contributed by atoms with Gasteiger partial charge in [0.25, 0.3) is 0 Å². The Hall–Kier alpha value is -4.49. The summed E-state index contributed by atoms with van der Waals surface area (Å²) < 4.78 is 1.72. The van der Waals surface area contributed by atoms with Gasteiger partial charge >= 0.3 is 6.09 Å². The molecule has 0 saturated heterocycles. The number of nitrogens with zero attached hydrogens (tertiary/aromatic N) is 3. The zero-order chi connectivity index (χ0) is 24.7. The molecule has 5 aromatic rings. The third-order valence-electron chi connectivity index (χ3n) is 6.93. The number of carboxylic acid groups (broad SMARTS) is 1. The molecule has 2 unspecified atom stereocenters. The van der Waals surface area contributed by atoms with Gasteiger partial charge in [0, 0.05) is 22.7 Å². The highest BCUT2D eigenvalue weighted by molar-refractivity contribution is 5.84. The zero-order valence-electron chi connectivity index (χ0n) is 19.5. The van der Waals surface area contributed by atoms with E-state index in [0.29, 0.717) is 17.3 Å². The molecule has 1 aromatic heterocycles. The maximum Gasteiger partial charge on any atom is 0.409 e. The Morgan fingerprint density at radius 2 is 1.81 bits per heavy atom. The minimum atomic E-state index is -1.11. The highest BCUT2D eigenvalue weighted by Gasteiger charge is 2.51. The smallest absolute Gasteiger partial charge is 0.409 e. The van der Waals surface area contributed by atoms with Crippen LogP contribution in [-0.4, -0.2) is 31.7 Å². The van der Waals surface area contributed by atoms with Crippen LogP contribution in [0.4, 0.5) is 10.5 Å². The molecular formula is C29H25N5O2. The van der Waals surface area contributed by atoms with E-state index in [-0.39, 0.29) is 5.54 Å². The molecule has 1 amide bonds. The summed E-state index contributed by atoms with van der Waals surface area (Å²) in [6.07, 6.45) is 2.55. The Morgan fingerprint density at radius 1 is 1.00 bits per heavy atom. The van der Waals surface area contributed by atoms with E-state index in [1.807, 2.05) is 24.4 Å². The van der Waals surface area contributed by atoms with Crippen LogP contribution in [0.15, 0.2) is 97.2 Å². The highest BCUT2D eigenvalue weighted by atomic mass is 16.4. The van der Waals surface area contributed by atoms with Crippen molar-refractivity contribution in [2.45, 2.75) is 24.3 Å². The first kappa shape index (κ1) is 22.0. The lowest BCUT2D eigenvalue weighted by Crippen LogP contribution is -2.27. The molecule has 4 N–H and O–H groups in total. The standard InChI is InChI=1S/C29H25N5O2/c30-29(16-19-8-9-20-4-1-2-5-22(20)14-19)17-26(29)21-10-12-25(13-11-21)34-18-27(32-33-34)23-6-3-7-24(15-23)31-28(35)36/h1-15,18,26,31H,16-17,30H2,(H,35,36). The highest BCUT2D eigenvalue weighted by Crippen LogP contribution is 2.51. The van der Waals surface area contributed by atoms with Crippen LogP contribution in [0.2, 0.25) is 0 Å². The summed E-state index contributed by atoms with van der Waals surface area (Å²) in [6, 6.07) is 30.4. The van der Waals surface area contributed by atoms with Gasteiger partial charge in [0.05, 0.1) is 11.9 Å². The van der Waals surface area contributed by atoms with Gasteiger partial charge in [-0.3, -0.25) is 5.32 Å². The summed E-state index contributed by atoms with van der Waals surface area (Å²) in [5, 5.41) is 22.3. The number of anilines is 1. The molecule has 7 heteroatoms. The van der Waals surface area contributed by atoms with E-state index >= 15 is 0 Å². The van der Waals surface area contributed by atoms with E-state index in [2.05, 4.69) is 70.2 Å². The number of hydrogen-bond acceptors (Lipinski definition) is 4. The Labute approximate surface area is 208 Å². The molecule has 6 rings (SSSR count). The summed E-state index contributed by atoms with van der Waals surface area (Å²) in [4.78, 5) is 10.9. The minimum Gasteiger partial charge on any atom is -0.465 e. The lowest BCUT2D eigenvalue weighted by molar-refractivity contribution is 0.210. The molecule has 1 aliphatic rings. The lowest BCUT2D eigenvalue weighted by atomic mass is 9.97. The van der Waals surface area contributed by atoms with Gasteiger partial charge in [-0.05, 0) is 59.0 Å². The third kappa shape index (κ3) is 4.32. The Kier molecular flexibility index (Phi) is 5.27. The summed E-state index contributed by atoms with van der Waals surface area (Å²) in [5.41, 5.74) is 11.9. The van der Waals surface area contributed by atoms with Crippen LogP contribution in [0.3, 0.4) is 0 Å². The van der Waals surface area contributed by atoms with Crippen molar-refractivity contribution in [1.82, 2.24) is 15.0 Å². The first-order chi connectivity index (χ1) is 17.5. The maximum atomic E-state index is 10.9. The minimum absolute atomic E-state index is 0.223. The summed E-state index contributed by atoms with van der Waals surface area (Å²) in [7, 11) is 0. The molecule has 1 saturated carbocycles. The molecule has 0 spiro atoms. The van der Waals surface area contributed by atoms with Crippen LogP contribution in [-0.2, 0) is 6.42 Å². The molecule has 178 valence electrons. The van der Waals surface area contributed by atoms with Gasteiger partial charge in [-0.1, -0.05) is 71.9 Å². The van der Waals surface area contributed by atoms with Gasteiger partial charge in [-0.25, -0.2) is 9.48 Å². The second kappa shape index (κ2) is 8.62. The summed E-state index contributed by atoms with van der Waals surface area (Å²) in [5.74, 6) is 0.328. The van der Waals surface area contributed by atoms with Crippen molar-refractivity contribution >= 4 is 22.6 Å². The number of amides is 1. The quantitative estimate of drug-likeness (QED) is 0.296. The molecule has 0 aliphatic heterocycles. The van der Waals surface area contributed by atoms with Gasteiger partial charge in [-0.2, -0.15) is 0 Å². The number of rotatable bonds is 6. The molecule has 0 radical (unpaired) electrons. The Morgan fingerprint density at radius 3 is 2.61 bits per heavy atom. The van der Waals surface area contributed by atoms with Crippen molar-refractivity contribution in [1.29, 1.82) is 0 Å². The van der Waals surface area contributed by atoms with Gasteiger partial charge in [0.1, 0.15) is 5.69 Å². The van der Waals surface area contributed by atoms with E-state index in [1.54, 1.807) is 22.9 Å². The molecule has 1 aliphatic carbocycles. The largest absolute Gasteiger partial charge is 0.465 e. The number of fused-ring (bicyclic) bond motifs is 1.